The first-order chi connectivity index (χ1) is 59.6. The number of thioether (sulfide) groups is 3. The van der Waals surface area contributed by atoms with Gasteiger partial charge < -0.3 is 89.9 Å². The van der Waals surface area contributed by atoms with E-state index in [2.05, 4.69) is 155 Å². The topological polar surface area (TPSA) is 406 Å². The molecule has 5 aromatic rings. The lowest BCUT2D eigenvalue weighted by atomic mass is 9.85. The summed E-state index contributed by atoms with van der Waals surface area (Å²) in [5.41, 5.74) is 3.56. The first kappa shape index (κ1) is 108. The summed E-state index contributed by atoms with van der Waals surface area (Å²) in [5.74, 6) is -0.0814. The number of Topliss-reactive ketones (excluding diaryl/α,β-unsaturated/α-hetero) is 1. The van der Waals surface area contributed by atoms with Gasteiger partial charge in [-0.1, -0.05) is 45.7 Å². The quantitative estimate of drug-likeness (QED) is 0.0141. The third kappa shape index (κ3) is 51.8. The van der Waals surface area contributed by atoms with E-state index < -0.39 is 55.3 Å². The Morgan fingerprint density at radius 2 is 0.704 bits per heavy atom. The summed E-state index contributed by atoms with van der Waals surface area (Å²) in [6, 6.07) is 2.79. The molecule has 0 fully saturated rings. The van der Waals surface area contributed by atoms with Gasteiger partial charge in [0.15, 0.2) is 65.4 Å². The summed E-state index contributed by atoms with van der Waals surface area (Å²) in [4.78, 5) is 74.3. The van der Waals surface area contributed by atoms with Crippen LogP contribution in [0, 0.1) is 5.41 Å². The molecule has 1 unspecified atom stereocenters. The second-order valence-corrected chi connectivity index (χ2v) is 65.0. The summed E-state index contributed by atoms with van der Waals surface area (Å²) in [6.07, 6.45) is 19.8. The number of azo groups is 1. The van der Waals surface area contributed by atoms with Gasteiger partial charge in [0.05, 0.1) is 189 Å². The Morgan fingerprint density at radius 1 is 0.392 bits per heavy atom. The van der Waals surface area contributed by atoms with Crippen molar-refractivity contribution in [1.29, 1.82) is 0 Å². The summed E-state index contributed by atoms with van der Waals surface area (Å²) in [5, 5.41) is 39.5. The van der Waals surface area contributed by atoms with Gasteiger partial charge in [-0.3, -0.25) is 14.4 Å². The van der Waals surface area contributed by atoms with Crippen molar-refractivity contribution in [3.63, 3.8) is 0 Å². The van der Waals surface area contributed by atoms with Crippen LogP contribution < -0.4 is 16.0 Å². The van der Waals surface area contributed by atoms with Crippen LogP contribution in [0.15, 0.2) is 87.0 Å². The average molecular weight is 1910 g/mol. The van der Waals surface area contributed by atoms with Crippen molar-refractivity contribution < 1.29 is 88.4 Å². The van der Waals surface area contributed by atoms with Gasteiger partial charge in [0.25, 0.3) is 0 Å². The highest BCUT2D eigenvalue weighted by molar-refractivity contribution is 8.01. The van der Waals surface area contributed by atoms with Gasteiger partial charge in [0.1, 0.15) is 17.2 Å². The number of amides is 3. The van der Waals surface area contributed by atoms with E-state index in [0.717, 1.165) is 70.2 Å². The highest BCUT2D eigenvalue weighted by Gasteiger charge is 2.38. The maximum Gasteiger partial charge on any atom is 0.216 e. The monoisotopic (exact) mass is 1910 g/mol. The lowest BCUT2D eigenvalue weighted by Gasteiger charge is -2.33. The van der Waals surface area contributed by atoms with Gasteiger partial charge in [-0.05, 0) is 135 Å². The predicted octanol–water partition coefficient (Wildman–Crippen LogP) is 10.6. The van der Waals surface area contributed by atoms with Crippen molar-refractivity contribution in [2.24, 2.45) is 15.6 Å². The van der Waals surface area contributed by atoms with Crippen molar-refractivity contribution >= 4 is 109 Å². The second-order valence-electron chi connectivity index (χ2n) is 34.5. The largest absolute Gasteiger partial charge is 0.455 e. The third-order valence-corrected chi connectivity index (χ3v) is 47.8. The molecule has 0 bridgehead atoms. The van der Waals surface area contributed by atoms with E-state index in [0.29, 0.717) is 191 Å². The number of nitrogens with one attached hydrogen (secondary N) is 3. The zero-order valence-electron chi connectivity index (χ0n) is 76.8. The number of carbonyl (C=O) groups is 4. The Hall–Kier alpha value is -5.31. The van der Waals surface area contributed by atoms with Crippen molar-refractivity contribution in [3.8, 4) is 0 Å². The van der Waals surface area contributed by atoms with Crippen LogP contribution in [0.3, 0.4) is 0 Å². The number of ether oxygens (including phenoxy) is 12. The molecule has 3 amide bonds. The molecule has 1 aliphatic rings. The maximum atomic E-state index is 13.1. The molecule has 1 aliphatic heterocycles. The number of nitrogens with zero attached hydrogens (tertiary/aromatic N) is 14. The van der Waals surface area contributed by atoms with E-state index in [1.165, 1.54) is 6.92 Å². The van der Waals surface area contributed by atoms with Gasteiger partial charge in [-0.2, -0.15) is 10.2 Å². The standard InChI is InChI=1S/C80H141N17O19S3Si6/c1-66(98)45-80(60-111-57-74-44-73(90-91-74)20-26-102-29-32-105-35-38-108-54-70-46-84-77(85-47-70)117-63-123(11,12)114-120(5,6)41-17-21-81-67(2)99,61-112-58-75-52-96(94-92-75)24-27-103-30-33-106-36-39-109-55-71-48-86-78(87-49-71)118-64-124(13,14)115-121(7,8)42-18-22-82-68(3)100)62-113-59-76-53-97(95-93-76)25-28-104-31-34-107-37-40-110-56-72-50-88-79(89-51-72)119-65-125(15,16)116-122(9,10)43-19-23-83-69(4)101/h44,46-53,73H,17-43,45,54-65H2,1-16H3,(H,81,99)(H,82,100)(H,83,101). The predicted molar refractivity (Wildman–Crippen MR) is 494 cm³/mol. The number of rotatable bonds is 74. The number of hydrogen-bond acceptors (Lipinski definition) is 34. The minimum absolute atomic E-state index is 0.00353. The smallest absolute Gasteiger partial charge is 0.216 e. The van der Waals surface area contributed by atoms with Crippen LogP contribution >= 0.6 is 35.3 Å². The number of aromatic nitrogens is 12. The molecular weight excluding hydrogens is 1770 g/mol. The molecule has 0 saturated carbocycles. The number of hydrogen-bond donors (Lipinski definition) is 3. The summed E-state index contributed by atoms with van der Waals surface area (Å²) in [6.45, 7) is 43.8. The molecule has 0 spiro atoms. The zero-order chi connectivity index (χ0) is 90.7. The van der Waals surface area contributed by atoms with Gasteiger partial charge in [-0.25, -0.2) is 39.3 Å². The molecule has 125 heavy (non-hydrogen) atoms. The summed E-state index contributed by atoms with van der Waals surface area (Å²) < 4.78 is 95.0. The van der Waals surface area contributed by atoms with E-state index in [-0.39, 0.29) is 75.6 Å². The first-order valence-electron chi connectivity index (χ1n) is 43.1. The minimum Gasteiger partial charge on any atom is -0.455 e. The molecule has 6 rings (SSSR count). The van der Waals surface area contributed by atoms with Crippen LogP contribution in [0.1, 0.15) is 87.9 Å². The highest BCUT2D eigenvalue weighted by Crippen LogP contribution is 2.31. The molecule has 45 heteroatoms. The third-order valence-electron chi connectivity index (χ3n) is 18.4. The summed E-state index contributed by atoms with van der Waals surface area (Å²) in [7, 11) is -11.6. The molecule has 0 saturated heterocycles. The van der Waals surface area contributed by atoms with Crippen LogP contribution in [0.25, 0.3) is 0 Å². The Morgan fingerprint density at radius 3 is 1.03 bits per heavy atom. The Balaban J connectivity index is 0.870. The minimum atomic E-state index is -1.98. The fourth-order valence-corrected chi connectivity index (χ4v) is 44.1. The van der Waals surface area contributed by atoms with Crippen LogP contribution in [0.2, 0.25) is 96.7 Å². The fraction of sp³-hybridized carbons (Fsp3) is 0.725. The van der Waals surface area contributed by atoms with Gasteiger partial charge in [-0.15, -0.1) is 10.2 Å². The van der Waals surface area contributed by atoms with Crippen molar-refractivity contribution in [1.82, 2.24) is 75.8 Å². The molecule has 3 N–H and O–H groups in total. The van der Waals surface area contributed by atoms with Gasteiger partial charge in [0.2, 0.25) is 17.7 Å². The molecule has 0 radical (unpaired) electrons. The SMILES string of the molecule is CC(=O)CC(COCC1=CC(CCOCCOCCOCc2cnc(SC[Si](C)(C)O[Si](C)(C)CCCNC(C)=O)nc2)N=N1)(COCc1cn(CCOCCOCCOCc2cnc(SC[Si](C)(C)O[Si](C)(C)CCCNC(C)=O)nc2)nn1)COCc1cn(CCOCCOCCOCc2cnc(SC[Si](C)(C)O[Si](C)(C)CCCNC(C)=O)nc2)nn1. The maximum absolute atomic E-state index is 13.1. The molecule has 6 heterocycles. The molecule has 5 aromatic heterocycles. The van der Waals surface area contributed by atoms with E-state index in [9.17, 15) is 19.2 Å². The first-order valence-corrected chi connectivity index (χ1v) is 64.7. The van der Waals surface area contributed by atoms with Gasteiger partial charge >= 0.3 is 0 Å². The Labute approximate surface area is 758 Å². The second kappa shape index (κ2) is 59.2. The normalized spacial score (nSPS) is 13.6. The molecule has 702 valence electrons. The molecule has 36 nitrogen and oxygen atoms in total. The molecule has 0 aliphatic carbocycles. The molecule has 0 aromatic carbocycles. The number of ketones is 1. The van der Waals surface area contributed by atoms with E-state index in [4.69, 9.17) is 69.2 Å². The van der Waals surface area contributed by atoms with Crippen LogP contribution in [0.4, 0.5) is 0 Å². The average Bonchev–Trinajstić information content (AvgIpc) is 1.29. The van der Waals surface area contributed by atoms with E-state index in [1.54, 1.807) is 115 Å². The fourth-order valence-electron chi connectivity index (χ4n) is 13.0. The van der Waals surface area contributed by atoms with Gasteiger partial charge in [0, 0.05) is 129 Å². The molecule has 1 atom stereocenters. The van der Waals surface area contributed by atoms with Crippen LogP contribution in [-0.2, 0) is 134 Å². The van der Waals surface area contributed by atoms with Crippen molar-refractivity contribution in [2.75, 3.05) is 161 Å². The van der Waals surface area contributed by atoms with E-state index >= 15 is 0 Å². The zero-order valence-corrected chi connectivity index (χ0v) is 85.2. The molecular formula is C80H141N17O19S3Si6. The Bertz CT molecular complexity index is 3770. The number of carbonyl (C=O) groups excluding carboxylic acids is 4. The lowest BCUT2D eigenvalue weighted by molar-refractivity contribution is -0.127. The van der Waals surface area contributed by atoms with Crippen molar-refractivity contribution in [2.45, 2.75) is 224 Å². The Kier molecular flexibility index (Phi) is 51.3. The van der Waals surface area contributed by atoms with E-state index in [1.807, 2.05) is 6.08 Å². The highest BCUT2D eigenvalue weighted by atomic mass is 32.2. The summed E-state index contributed by atoms with van der Waals surface area (Å²) >= 11 is 4.87. The van der Waals surface area contributed by atoms with Crippen molar-refractivity contribution in [3.05, 3.63) is 89.4 Å². The lowest BCUT2D eigenvalue weighted by Crippen LogP contribution is -2.46. The van der Waals surface area contributed by atoms with Crippen LogP contribution in [-0.4, -0.2) is 301 Å². The van der Waals surface area contributed by atoms with Crippen LogP contribution in [0.5, 0.6) is 0 Å².